The Morgan fingerprint density at radius 1 is 1.39 bits per heavy atom. The van der Waals surface area contributed by atoms with Crippen LogP contribution >= 0.6 is 0 Å². The van der Waals surface area contributed by atoms with Crippen molar-refractivity contribution in [3.05, 3.63) is 42.0 Å². The number of benzene rings is 1. The van der Waals surface area contributed by atoms with E-state index < -0.39 is 0 Å². The molecule has 0 spiro atoms. The molecule has 0 aliphatic rings. The van der Waals surface area contributed by atoms with Crippen molar-refractivity contribution >= 4 is 0 Å². The average molecular weight is 247 g/mol. The van der Waals surface area contributed by atoms with Crippen LogP contribution < -0.4 is 16.0 Å². The Morgan fingerprint density at radius 2 is 2.22 bits per heavy atom. The molecule has 0 aliphatic carbocycles. The predicted octanol–water partition coefficient (Wildman–Crippen LogP) is 1.14. The van der Waals surface area contributed by atoms with Gasteiger partial charge in [-0.2, -0.15) is 5.10 Å². The molecule has 96 valence electrons. The fourth-order valence-corrected chi connectivity index (χ4v) is 1.73. The van der Waals surface area contributed by atoms with Crippen molar-refractivity contribution < 1.29 is 4.74 Å². The summed E-state index contributed by atoms with van der Waals surface area (Å²) < 4.78 is 5.65. The minimum atomic E-state index is -0.233. The van der Waals surface area contributed by atoms with Crippen LogP contribution in [0.3, 0.4) is 0 Å². The summed E-state index contributed by atoms with van der Waals surface area (Å²) in [6.07, 6.45) is 1.59. The van der Waals surface area contributed by atoms with E-state index in [0.29, 0.717) is 5.82 Å². The number of nitrogens with one attached hydrogen (secondary N) is 2. The van der Waals surface area contributed by atoms with Gasteiger partial charge in [0.05, 0.1) is 6.10 Å². The molecular weight excluding hydrogens is 230 g/mol. The molecule has 6 nitrogen and oxygen atoms in total. The molecule has 1 heterocycles. The van der Waals surface area contributed by atoms with Crippen molar-refractivity contribution in [2.24, 2.45) is 5.84 Å². The highest BCUT2D eigenvalue weighted by atomic mass is 16.5. The second-order valence-corrected chi connectivity index (χ2v) is 4.21. The van der Waals surface area contributed by atoms with Gasteiger partial charge in [0.25, 0.3) is 0 Å². The smallest absolute Gasteiger partial charge is 0.147 e. The zero-order chi connectivity index (χ0) is 13.0. The van der Waals surface area contributed by atoms with Crippen molar-refractivity contribution in [3.8, 4) is 5.75 Å². The zero-order valence-corrected chi connectivity index (χ0v) is 10.4. The molecule has 1 aromatic carbocycles. The van der Waals surface area contributed by atoms with Crippen LogP contribution in [0.15, 0.2) is 30.6 Å². The third-order valence-electron chi connectivity index (χ3n) is 2.44. The van der Waals surface area contributed by atoms with Crippen molar-refractivity contribution in [1.82, 2.24) is 20.6 Å². The van der Waals surface area contributed by atoms with Gasteiger partial charge in [0.1, 0.15) is 23.9 Å². The first-order chi connectivity index (χ1) is 8.70. The lowest BCUT2D eigenvalue weighted by Gasteiger charge is -2.16. The van der Waals surface area contributed by atoms with Gasteiger partial charge in [-0.3, -0.25) is 10.9 Å². The van der Waals surface area contributed by atoms with Crippen LogP contribution in [0.2, 0.25) is 0 Å². The Morgan fingerprint density at radius 3 is 2.83 bits per heavy atom. The van der Waals surface area contributed by atoms with E-state index in [1.165, 1.54) is 6.33 Å². The van der Waals surface area contributed by atoms with Gasteiger partial charge in [-0.1, -0.05) is 12.1 Å². The Kier molecular flexibility index (Phi) is 3.91. The molecule has 0 fully saturated rings. The van der Waals surface area contributed by atoms with Crippen LogP contribution in [-0.4, -0.2) is 21.3 Å². The summed E-state index contributed by atoms with van der Waals surface area (Å²) in [6.45, 7) is 3.98. The first kappa shape index (κ1) is 12.5. The largest absolute Gasteiger partial charge is 0.491 e. The number of H-pyrrole nitrogens is 1. The SMILES string of the molecule is CC(C)Oc1cccc(C(NN)c2ncn[nH]2)c1. The van der Waals surface area contributed by atoms with Gasteiger partial charge in [0.2, 0.25) is 0 Å². The van der Waals surface area contributed by atoms with E-state index in [1.807, 2.05) is 38.1 Å². The Balaban J connectivity index is 2.26. The predicted molar refractivity (Wildman–Crippen MR) is 67.8 cm³/mol. The number of aromatic nitrogens is 3. The van der Waals surface area contributed by atoms with Crippen molar-refractivity contribution in [3.63, 3.8) is 0 Å². The lowest BCUT2D eigenvalue weighted by Crippen LogP contribution is -2.29. The summed E-state index contributed by atoms with van der Waals surface area (Å²) in [7, 11) is 0. The number of ether oxygens (including phenoxy) is 1. The molecule has 0 saturated heterocycles. The molecule has 0 radical (unpaired) electrons. The van der Waals surface area contributed by atoms with Crippen LogP contribution in [0.25, 0.3) is 0 Å². The molecule has 0 saturated carbocycles. The van der Waals surface area contributed by atoms with E-state index in [4.69, 9.17) is 10.6 Å². The molecule has 2 rings (SSSR count). The Labute approximate surface area is 106 Å². The number of rotatable bonds is 5. The zero-order valence-electron chi connectivity index (χ0n) is 10.4. The Bertz CT molecular complexity index is 483. The average Bonchev–Trinajstić information content (AvgIpc) is 2.83. The van der Waals surface area contributed by atoms with Crippen LogP contribution in [0.1, 0.15) is 31.3 Å². The first-order valence-electron chi connectivity index (χ1n) is 5.78. The molecule has 0 aliphatic heterocycles. The lowest BCUT2D eigenvalue weighted by molar-refractivity contribution is 0.242. The third kappa shape index (κ3) is 2.85. The van der Waals surface area contributed by atoms with Crippen LogP contribution in [0, 0.1) is 0 Å². The minimum Gasteiger partial charge on any atom is -0.491 e. The maximum atomic E-state index is 5.65. The van der Waals surface area contributed by atoms with E-state index in [2.05, 4.69) is 20.6 Å². The van der Waals surface area contributed by atoms with Gasteiger partial charge in [0.15, 0.2) is 0 Å². The van der Waals surface area contributed by atoms with E-state index in [-0.39, 0.29) is 12.1 Å². The Hall–Kier alpha value is -1.92. The summed E-state index contributed by atoms with van der Waals surface area (Å²) in [5.41, 5.74) is 3.68. The highest BCUT2D eigenvalue weighted by Gasteiger charge is 2.15. The van der Waals surface area contributed by atoms with E-state index in [0.717, 1.165) is 11.3 Å². The first-order valence-corrected chi connectivity index (χ1v) is 5.78. The lowest BCUT2D eigenvalue weighted by atomic mass is 10.1. The number of hydrazine groups is 1. The third-order valence-corrected chi connectivity index (χ3v) is 2.44. The standard InChI is InChI=1S/C12H17N5O/c1-8(2)18-10-5-3-4-9(6-10)11(16-13)12-14-7-15-17-12/h3-8,11,16H,13H2,1-2H3,(H,14,15,17). The monoisotopic (exact) mass is 247 g/mol. The molecule has 18 heavy (non-hydrogen) atoms. The molecule has 0 bridgehead atoms. The summed E-state index contributed by atoms with van der Waals surface area (Å²) in [6, 6.07) is 7.50. The summed E-state index contributed by atoms with van der Waals surface area (Å²) >= 11 is 0. The maximum absolute atomic E-state index is 5.65. The number of hydrogen-bond acceptors (Lipinski definition) is 5. The van der Waals surface area contributed by atoms with Gasteiger partial charge >= 0.3 is 0 Å². The topological polar surface area (TPSA) is 88.8 Å². The normalized spacial score (nSPS) is 12.7. The fraction of sp³-hybridized carbons (Fsp3) is 0.333. The van der Waals surface area contributed by atoms with Crippen LogP contribution in [0.4, 0.5) is 0 Å². The van der Waals surface area contributed by atoms with Gasteiger partial charge in [-0.15, -0.1) is 0 Å². The number of nitrogens with zero attached hydrogens (tertiary/aromatic N) is 2. The summed E-state index contributed by atoms with van der Waals surface area (Å²) in [5.74, 6) is 7.04. The molecule has 2 aromatic rings. The number of nitrogens with two attached hydrogens (primary N) is 1. The van der Waals surface area contributed by atoms with Gasteiger partial charge < -0.3 is 4.74 Å². The van der Waals surface area contributed by atoms with Crippen LogP contribution in [-0.2, 0) is 0 Å². The molecule has 1 atom stereocenters. The number of hydrogen-bond donors (Lipinski definition) is 3. The van der Waals surface area contributed by atoms with Crippen molar-refractivity contribution in [2.45, 2.75) is 26.0 Å². The van der Waals surface area contributed by atoms with Gasteiger partial charge in [0, 0.05) is 0 Å². The maximum Gasteiger partial charge on any atom is 0.147 e. The quantitative estimate of drug-likeness (QED) is 0.544. The second-order valence-electron chi connectivity index (χ2n) is 4.21. The van der Waals surface area contributed by atoms with Gasteiger partial charge in [-0.25, -0.2) is 10.4 Å². The van der Waals surface area contributed by atoms with E-state index in [9.17, 15) is 0 Å². The minimum absolute atomic E-state index is 0.134. The highest BCUT2D eigenvalue weighted by molar-refractivity contribution is 5.33. The molecule has 6 heteroatoms. The number of aromatic amines is 1. The molecule has 1 aromatic heterocycles. The molecule has 1 unspecified atom stereocenters. The van der Waals surface area contributed by atoms with E-state index in [1.54, 1.807) is 0 Å². The van der Waals surface area contributed by atoms with E-state index >= 15 is 0 Å². The van der Waals surface area contributed by atoms with Crippen molar-refractivity contribution in [2.75, 3.05) is 0 Å². The second kappa shape index (κ2) is 5.61. The van der Waals surface area contributed by atoms with Crippen LogP contribution in [0.5, 0.6) is 5.75 Å². The highest BCUT2D eigenvalue weighted by Crippen LogP contribution is 2.22. The molecule has 0 amide bonds. The fourth-order valence-electron chi connectivity index (χ4n) is 1.73. The van der Waals surface area contributed by atoms with Crippen molar-refractivity contribution in [1.29, 1.82) is 0 Å². The summed E-state index contributed by atoms with van der Waals surface area (Å²) in [4.78, 5) is 4.10. The molecule has 4 N–H and O–H groups in total. The molecular formula is C12H17N5O. The summed E-state index contributed by atoms with van der Waals surface area (Å²) in [5, 5.41) is 6.63. The van der Waals surface area contributed by atoms with Gasteiger partial charge in [-0.05, 0) is 31.5 Å².